The van der Waals surface area contributed by atoms with Crippen LogP contribution in [0.25, 0.3) is 11.4 Å². The quantitative estimate of drug-likeness (QED) is 0.770. The zero-order valence-corrected chi connectivity index (χ0v) is 9.86. The van der Waals surface area contributed by atoms with E-state index in [2.05, 4.69) is 40.9 Å². The van der Waals surface area contributed by atoms with Crippen molar-refractivity contribution < 1.29 is 0 Å². The number of rotatable bonds is 2. The minimum Gasteiger partial charge on any atom is -0.218 e. The van der Waals surface area contributed by atoms with Gasteiger partial charge in [-0.1, -0.05) is 30.7 Å². The summed E-state index contributed by atoms with van der Waals surface area (Å²) < 4.78 is 0. The summed E-state index contributed by atoms with van der Waals surface area (Å²) in [5.41, 5.74) is 2.27. The Bertz CT molecular complexity index is 506. The molecule has 2 aromatic rings. The molecule has 0 amide bonds. The maximum Gasteiger partial charge on any atom is 0.163 e. The van der Waals surface area contributed by atoms with Gasteiger partial charge < -0.3 is 0 Å². The first-order valence-corrected chi connectivity index (χ1v) is 5.47. The zero-order chi connectivity index (χ0) is 11.5. The van der Waals surface area contributed by atoms with Crippen molar-refractivity contribution in [1.29, 1.82) is 0 Å². The lowest BCUT2D eigenvalue weighted by molar-refractivity contribution is 0.869. The molecule has 0 aliphatic carbocycles. The molecule has 0 N–H and O–H groups in total. The van der Waals surface area contributed by atoms with E-state index in [0.29, 0.717) is 0 Å². The topological polar surface area (TPSA) is 38.7 Å². The molecule has 0 aliphatic heterocycles. The van der Waals surface area contributed by atoms with E-state index in [4.69, 9.17) is 0 Å². The molecule has 0 aliphatic rings. The van der Waals surface area contributed by atoms with Gasteiger partial charge in [0.1, 0.15) is 11.6 Å². The summed E-state index contributed by atoms with van der Waals surface area (Å²) in [5.74, 6) is 2.40. The third kappa shape index (κ3) is 2.24. The molecule has 0 saturated heterocycles. The van der Waals surface area contributed by atoms with E-state index in [9.17, 15) is 0 Å². The van der Waals surface area contributed by atoms with Gasteiger partial charge in [-0.3, -0.25) is 0 Å². The first kappa shape index (κ1) is 10.7. The molecule has 2 rings (SSSR count). The molecule has 0 unspecified atom stereocenters. The maximum absolute atomic E-state index is 4.44. The summed E-state index contributed by atoms with van der Waals surface area (Å²) in [5, 5.41) is 0. The maximum atomic E-state index is 4.44. The second kappa shape index (κ2) is 4.39. The third-order valence-corrected chi connectivity index (χ3v) is 2.39. The van der Waals surface area contributed by atoms with Gasteiger partial charge in [0.25, 0.3) is 0 Å². The van der Waals surface area contributed by atoms with Crippen LogP contribution in [-0.2, 0) is 6.42 Å². The van der Waals surface area contributed by atoms with Crippen LogP contribution in [0.15, 0.2) is 24.3 Å². The molecule has 0 spiro atoms. The van der Waals surface area contributed by atoms with Gasteiger partial charge in [-0.05, 0) is 19.9 Å². The van der Waals surface area contributed by atoms with Gasteiger partial charge >= 0.3 is 0 Å². The van der Waals surface area contributed by atoms with E-state index in [1.807, 2.05) is 19.1 Å². The number of benzene rings is 1. The van der Waals surface area contributed by atoms with Crippen LogP contribution < -0.4 is 0 Å². The molecule has 0 saturated carbocycles. The highest BCUT2D eigenvalue weighted by Gasteiger charge is 2.04. The normalized spacial score (nSPS) is 10.4. The molecule has 3 nitrogen and oxygen atoms in total. The van der Waals surface area contributed by atoms with Gasteiger partial charge in [-0.25, -0.2) is 15.0 Å². The highest BCUT2D eigenvalue weighted by atomic mass is 15.0. The van der Waals surface area contributed by atoms with Crippen LogP contribution in [0, 0.1) is 13.8 Å². The Hall–Kier alpha value is -1.77. The van der Waals surface area contributed by atoms with Gasteiger partial charge in [0.05, 0.1) is 0 Å². The first-order chi connectivity index (χ1) is 7.69. The predicted molar refractivity (Wildman–Crippen MR) is 64.1 cm³/mol. The Morgan fingerprint density at radius 3 is 2.56 bits per heavy atom. The van der Waals surface area contributed by atoms with Crippen LogP contribution in [0.5, 0.6) is 0 Å². The molecular formula is C13H15N3. The highest BCUT2D eigenvalue weighted by molar-refractivity contribution is 5.55. The molecular weight excluding hydrogens is 198 g/mol. The average molecular weight is 213 g/mol. The molecule has 0 bridgehead atoms. The van der Waals surface area contributed by atoms with Crippen LogP contribution in [0.2, 0.25) is 0 Å². The largest absolute Gasteiger partial charge is 0.218 e. The van der Waals surface area contributed by atoms with E-state index in [1.54, 1.807) is 0 Å². The molecule has 16 heavy (non-hydrogen) atoms. The lowest BCUT2D eigenvalue weighted by Gasteiger charge is -2.04. The fraction of sp³-hybridized carbons (Fsp3) is 0.308. The van der Waals surface area contributed by atoms with E-state index in [-0.39, 0.29) is 0 Å². The average Bonchev–Trinajstić information content (AvgIpc) is 2.28. The lowest BCUT2D eigenvalue weighted by Crippen LogP contribution is -2.01. The second-order valence-electron chi connectivity index (χ2n) is 3.85. The van der Waals surface area contributed by atoms with Crippen molar-refractivity contribution in [3.05, 3.63) is 41.5 Å². The number of hydrogen-bond acceptors (Lipinski definition) is 3. The summed E-state index contributed by atoms with van der Waals surface area (Å²) in [6.45, 7) is 6.02. The fourth-order valence-corrected chi connectivity index (χ4v) is 1.61. The number of nitrogens with zero attached hydrogens (tertiary/aromatic N) is 3. The predicted octanol–water partition coefficient (Wildman–Crippen LogP) is 2.72. The highest BCUT2D eigenvalue weighted by Crippen LogP contribution is 2.16. The minimum absolute atomic E-state index is 0.771. The monoisotopic (exact) mass is 213 g/mol. The van der Waals surface area contributed by atoms with Crippen molar-refractivity contribution in [2.45, 2.75) is 27.2 Å². The fourth-order valence-electron chi connectivity index (χ4n) is 1.61. The zero-order valence-electron chi connectivity index (χ0n) is 9.86. The SMILES string of the molecule is CCc1nc(C)nc(-c2cccc(C)c2)n1. The smallest absolute Gasteiger partial charge is 0.163 e. The van der Waals surface area contributed by atoms with Crippen molar-refractivity contribution in [3.63, 3.8) is 0 Å². The Morgan fingerprint density at radius 2 is 1.88 bits per heavy atom. The second-order valence-corrected chi connectivity index (χ2v) is 3.85. The third-order valence-electron chi connectivity index (χ3n) is 2.39. The Balaban J connectivity index is 2.51. The van der Waals surface area contributed by atoms with Gasteiger partial charge in [0.15, 0.2) is 5.82 Å². The molecule has 1 heterocycles. The number of hydrogen-bond donors (Lipinski definition) is 0. The van der Waals surface area contributed by atoms with Crippen LogP contribution in [0.4, 0.5) is 0 Å². The van der Waals surface area contributed by atoms with Crippen molar-refractivity contribution in [2.24, 2.45) is 0 Å². The molecule has 0 atom stereocenters. The molecule has 1 aromatic carbocycles. The van der Waals surface area contributed by atoms with Gasteiger partial charge in [0, 0.05) is 12.0 Å². The van der Waals surface area contributed by atoms with Crippen LogP contribution >= 0.6 is 0 Å². The Kier molecular flexibility index (Phi) is 2.95. The standard InChI is InChI=1S/C13H15N3/c1-4-12-14-10(3)15-13(16-12)11-7-5-6-9(2)8-11/h5-8H,4H2,1-3H3. The number of aryl methyl sites for hydroxylation is 3. The summed E-state index contributed by atoms with van der Waals surface area (Å²) in [6.07, 6.45) is 0.835. The molecule has 1 aromatic heterocycles. The summed E-state index contributed by atoms with van der Waals surface area (Å²) in [7, 11) is 0. The summed E-state index contributed by atoms with van der Waals surface area (Å²) in [6, 6.07) is 8.21. The van der Waals surface area contributed by atoms with E-state index < -0.39 is 0 Å². The Labute approximate surface area is 95.6 Å². The summed E-state index contributed by atoms with van der Waals surface area (Å²) >= 11 is 0. The van der Waals surface area contributed by atoms with Crippen molar-refractivity contribution >= 4 is 0 Å². The lowest BCUT2D eigenvalue weighted by atomic mass is 10.1. The molecule has 0 fully saturated rings. The molecule has 0 radical (unpaired) electrons. The van der Waals surface area contributed by atoms with Crippen molar-refractivity contribution in [3.8, 4) is 11.4 Å². The van der Waals surface area contributed by atoms with E-state index >= 15 is 0 Å². The van der Waals surface area contributed by atoms with Crippen molar-refractivity contribution in [1.82, 2.24) is 15.0 Å². The van der Waals surface area contributed by atoms with E-state index in [1.165, 1.54) is 5.56 Å². The van der Waals surface area contributed by atoms with Gasteiger partial charge in [-0.15, -0.1) is 0 Å². The van der Waals surface area contributed by atoms with Gasteiger partial charge in [0.2, 0.25) is 0 Å². The van der Waals surface area contributed by atoms with Crippen molar-refractivity contribution in [2.75, 3.05) is 0 Å². The number of aromatic nitrogens is 3. The summed E-state index contributed by atoms with van der Waals surface area (Å²) in [4.78, 5) is 13.1. The van der Waals surface area contributed by atoms with Crippen LogP contribution in [0.3, 0.4) is 0 Å². The molecule has 82 valence electrons. The van der Waals surface area contributed by atoms with E-state index in [0.717, 1.165) is 29.5 Å². The van der Waals surface area contributed by atoms with Gasteiger partial charge in [-0.2, -0.15) is 0 Å². The van der Waals surface area contributed by atoms with Crippen LogP contribution in [-0.4, -0.2) is 15.0 Å². The minimum atomic E-state index is 0.771. The molecule has 3 heteroatoms. The van der Waals surface area contributed by atoms with Crippen LogP contribution in [0.1, 0.15) is 24.1 Å². The Morgan fingerprint density at radius 1 is 1.06 bits per heavy atom. The first-order valence-electron chi connectivity index (χ1n) is 5.47.